The number of benzene rings is 2. The molecule has 0 atom stereocenters. The van der Waals surface area contributed by atoms with Crippen molar-refractivity contribution in [3.05, 3.63) is 72.1 Å². The SMILES string of the molecule is Cc1cc(C)n(CC(=O)Nc2ccc(-c3cc4ccccc4o3)cc2)n1. The van der Waals surface area contributed by atoms with E-state index in [0.29, 0.717) is 0 Å². The van der Waals surface area contributed by atoms with Crippen molar-refractivity contribution in [1.82, 2.24) is 9.78 Å². The molecule has 0 saturated carbocycles. The van der Waals surface area contributed by atoms with Crippen molar-refractivity contribution < 1.29 is 9.21 Å². The van der Waals surface area contributed by atoms with Gasteiger partial charge in [-0.25, -0.2) is 0 Å². The molecule has 0 fully saturated rings. The van der Waals surface area contributed by atoms with Gasteiger partial charge < -0.3 is 9.73 Å². The predicted molar refractivity (Wildman–Crippen MR) is 102 cm³/mol. The van der Waals surface area contributed by atoms with Gasteiger partial charge >= 0.3 is 0 Å². The fraction of sp³-hybridized carbons (Fsp3) is 0.143. The first-order valence-corrected chi connectivity index (χ1v) is 8.48. The normalized spacial score (nSPS) is 11.0. The molecule has 0 bridgehead atoms. The van der Waals surface area contributed by atoms with Crippen molar-refractivity contribution in [3.63, 3.8) is 0 Å². The summed E-state index contributed by atoms with van der Waals surface area (Å²) in [7, 11) is 0. The minimum absolute atomic E-state index is 0.104. The van der Waals surface area contributed by atoms with Crippen LogP contribution in [0.25, 0.3) is 22.3 Å². The number of nitrogens with one attached hydrogen (secondary N) is 1. The number of hydrogen-bond acceptors (Lipinski definition) is 3. The van der Waals surface area contributed by atoms with Crippen molar-refractivity contribution in [2.24, 2.45) is 0 Å². The van der Waals surface area contributed by atoms with Gasteiger partial charge in [-0.05, 0) is 56.3 Å². The summed E-state index contributed by atoms with van der Waals surface area (Å²) in [5, 5.41) is 8.29. The summed E-state index contributed by atoms with van der Waals surface area (Å²) < 4.78 is 7.57. The molecule has 5 heteroatoms. The smallest absolute Gasteiger partial charge is 0.246 e. The number of aryl methyl sites for hydroxylation is 2. The molecule has 0 spiro atoms. The summed E-state index contributed by atoms with van der Waals surface area (Å²) >= 11 is 0. The third kappa shape index (κ3) is 3.24. The summed E-state index contributed by atoms with van der Waals surface area (Å²) in [5.74, 6) is 0.708. The Morgan fingerprint density at radius 1 is 1.08 bits per heavy atom. The maximum Gasteiger partial charge on any atom is 0.246 e. The van der Waals surface area contributed by atoms with Crippen LogP contribution in [0.4, 0.5) is 5.69 Å². The molecule has 1 amide bonds. The second-order valence-corrected chi connectivity index (χ2v) is 6.36. The Balaban J connectivity index is 1.47. The Labute approximate surface area is 151 Å². The van der Waals surface area contributed by atoms with Crippen LogP contribution < -0.4 is 5.32 Å². The van der Waals surface area contributed by atoms with Crippen LogP contribution in [0.15, 0.2) is 65.1 Å². The Morgan fingerprint density at radius 3 is 2.54 bits per heavy atom. The Morgan fingerprint density at radius 2 is 1.85 bits per heavy atom. The fourth-order valence-corrected chi connectivity index (χ4v) is 3.01. The van der Waals surface area contributed by atoms with Crippen LogP contribution in [0.3, 0.4) is 0 Å². The first-order valence-electron chi connectivity index (χ1n) is 8.48. The van der Waals surface area contributed by atoms with E-state index in [-0.39, 0.29) is 12.5 Å². The number of hydrogen-bond donors (Lipinski definition) is 1. The molecule has 26 heavy (non-hydrogen) atoms. The molecule has 2 aromatic heterocycles. The van der Waals surface area contributed by atoms with Crippen LogP contribution in [-0.2, 0) is 11.3 Å². The zero-order valence-electron chi connectivity index (χ0n) is 14.7. The van der Waals surface area contributed by atoms with Gasteiger partial charge in [0, 0.05) is 22.3 Å². The number of fused-ring (bicyclic) bond motifs is 1. The zero-order chi connectivity index (χ0) is 18.1. The maximum atomic E-state index is 12.2. The first kappa shape index (κ1) is 16.1. The van der Waals surface area contributed by atoms with Crippen LogP contribution in [-0.4, -0.2) is 15.7 Å². The minimum Gasteiger partial charge on any atom is -0.456 e. The molecule has 2 heterocycles. The van der Waals surface area contributed by atoms with Gasteiger partial charge in [-0.15, -0.1) is 0 Å². The van der Waals surface area contributed by atoms with E-state index in [1.807, 2.05) is 74.5 Å². The average molecular weight is 345 g/mol. The number of carbonyl (C=O) groups excluding carboxylic acids is 1. The van der Waals surface area contributed by atoms with E-state index in [1.165, 1.54) is 0 Å². The van der Waals surface area contributed by atoms with Gasteiger partial charge in [0.1, 0.15) is 17.9 Å². The van der Waals surface area contributed by atoms with Gasteiger partial charge in [-0.2, -0.15) is 5.10 Å². The van der Waals surface area contributed by atoms with E-state index in [4.69, 9.17) is 4.42 Å². The molecule has 0 unspecified atom stereocenters. The van der Waals surface area contributed by atoms with Crippen molar-refractivity contribution in [2.45, 2.75) is 20.4 Å². The number of aromatic nitrogens is 2. The van der Waals surface area contributed by atoms with E-state index < -0.39 is 0 Å². The zero-order valence-corrected chi connectivity index (χ0v) is 14.7. The number of amides is 1. The van der Waals surface area contributed by atoms with E-state index in [1.54, 1.807) is 4.68 Å². The fourth-order valence-electron chi connectivity index (χ4n) is 3.01. The molecule has 5 nitrogen and oxygen atoms in total. The third-order valence-corrected chi connectivity index (χ3v) is 4.28. The van der Waals surface area contributed by atoms with Gasteiger partial charge in [-0.1, -0.05) is 18.2 Å². The average Bonchev–Trinajstić information content (AvgIpc) is 3.18. The van der Waals surface area contributed by atoms with Crippen molar-refractivity contribution in [1.29, 1.82) is 0 Å². The predicted octanol–water partition coefficient (Wildman–Crippen LogP) is 4.55. The van der Waals surface area contributed by atoms with Crippen LogP contribution in [0.2, 0.25) is 0 Å². The number of nitrogens with zero attached hydrogens (tertiary/aromatic N) is 2. The maximum absolute atomic E-state index is 12.2. The quantitative estimate of drug-likeness (QED) is 0.590. The second kappa shape index (κ2) is 6.52. The lowest BCUT2D eigenvalue weighted by Crippen LogP contribution is -2.20. The highest BCUT2D eigenvalue weighted by Crippen LogP contribution is 2.28. The number of rotatable bonds is 4. The molecule has 2 aromatic carbocycles. The molecule has 1 N–H and O–H groups in total. The summed E-state index contributed by atoms with van der Waals surface area (Å²) in [6, 6.07) is 19.5. The lowest BCUT2D eigenvalue weighted by Gasteiger charge is -2.07. The number of para-hydroxylation sites is 1. The number of furan rings is 1. The topological polar surface area (TPSA) is 60.1 Å². The summed E-state index contributed by atoms with van der Waals surface area (Å²) in [6.45, 7) is 4.05. The first-order chi connectivity index (χ1) is 12.6. The van der Waals surface area contributed by atoms with Gasteiger partial charge in [0.25, 0.3) is 0 Å². The standard InChI is InChI=1S/C21H19N3O2/c1-14-11-15(2)24(23-14)13-21(25)22-18-9-7-16(8-10-18)20-12-17-5-3-4-6-19(17)26-20/h3-12H,13H2,1-2H3,(H,22,25). The Bertz CT molecular complexity index is 1040. The monoisotopic (exact) mass is 345 g/mol. The van der Waals surface area contributed by atoms with E-state index in [0.717, 1.165) is 39.4 Å². The summed E-state index contributed by atoms with van der Waals surface area (Å²) in [4.78, 5) is 12.2. The van der Waals surface area contributed by atoms with Crippen molar-refractivity contribution in [3.8, 4) is 11.3 Å². The highest BCUT2D eigenvalue weighted by Gasteiger charge is 2.09. The minimum atomic E-state index is -0.104. The van der Waals surface area contributed by atoms with Crippen LogP contribution in [0.5, 0.6) is 0 Å². The van der Waals surface area contributed by atoms with Crippen LogP contribution in [0, 0.1) is 13.8 Å². The largest absolute Gasteiger partial charge is 0.456 e. The molecule has 0 radical (unpaired) electrons. The van der Waals surface area contributed by atoms with Gasteiger partial charge in [-0.3, -0.25) is 9.48 Å². The summed E-state index contributed by atoms with van der Waals surface area (Å²) in [6.07, 6.45) is 0. The van der Waals surface area contributed by atoms with Crippen molar-refractivity contribution >= 4 is 22.6 Å². The molecule has 0 aliphatic heterocycles. The van der Waals surface area contributed by atoms with Crippen LogP contribution in [0.1, 0.15) is 11.4 Å². The lowest BCUT2D eigenvalue weighted by atomic mass is 10.1. The van der Waals surface area contributed by atoms with Gasteiger partial charge in [0.05, 0.1) is 5.69 Å². The van der Waals surface area contributed by atoms with Crippen LogP contribution >= 0.6 is 0 Å². The molecule has 4 aromatic rings. The molecule has 4 rings (SSSR count). The third-order valence-electron chi connectivity index (χ3n) is 4.28. The summed E-state index contributed by atoms with van der Waals surface area (Å²) in [5.41, 5.74) is 4.46. The molecular formula is C21H19N3O2. The number of carbonyl (C=O) groups is 1. The van der Waals surface area contributed by atoms with Crippen molar-refractivity contribution in [2.75, 3.05) is 5.32 Å². The highest BCUT2D eigenvalue weighted by atomic mass is 16.3. The lowest BCUT2D eigenvalue weighted by molar-refractivity contribution is -0.116. The molecule has 130 valence electrons. The Hall–Kier alpha value is -3.34. The van der Waals surface area contributed by atoms with E-state index in [9.17, 15) is 4.79 Å². The number of anilines is 1. The second-order valence-electron chi connectivity index (χ2n) is 6.36. The Kier molecular flexibility index (Phi) is 4.05. The molecule has 0 saturated heterocycles. The van der Waals surface area contributed by atoms with Gasteiger partial charge in [0.2, 0.25) is 5.91 Å². The molecule has 0 aliphatic rings. The molecule has 0 aliphatic carbocycles. The van der Waals surface area contributed by atoms with Gasteiger partial charge in [0.15, 0.2) is 0 Å². The van der Waals surface area contributed by atoms with E-state index >= 15 is 0 Å². The highest BCUT2D eigenvalue weighted by molar-refractivity contribution is 5.91. The molecular weight excluding hydrogens is 326 g/mol. The van der Waals surface area contributed by atoms with E-state index in [2.05, 4.69) is 10.4 Å².